The zero-order valence-corrected chi connectivity index (χ0v) is 13.4. The van der Waals surface area contributed by atoms with Crippen molar-refractivity contribution in [3.63, 3.8) is 0 Å². The summed E-state index contributed by atoms with van der Waals surface area (Å²) in [6, 6.07) is 2.60. The Kier molecular flexibility index (Phi) is 6.67. The van der Waals surface area contributed by atoms with Crippen molar-refractivity contribution in [2.24, 2.45) is 0 Å². The first-order valence-electron chi connectivity index (χ1n) is 6.14. The molecule has 0 rings (SSSR count). The second kappa shape index (κ2) is 6.63. The van der Waals surface area contributed by atoms with Crippen molar-refractivity contribution in [3.05, 3.63) is 0 Å². The van der Waals surface area contributed by atoms with Gasteiger partial charge in [0.05, 0.1) is 0 Å². The molecular weight excluding hydrogens is 202 g/mol. The lowest BCUT2D eigenvalue weighted by molar-refractivity contribution is 0.176. The van der Waals surface area contributed by atoms with Gasteiger partial charge in [0, 0.05) is 28.4 Å². The summed E-state index contributed by atoms with van der Waals surface area (Å²) in [7, 11) is 1.17. The van der Waals surface area contributed by atoms with Crippen molar-refractivity contribution in [3.8, 4) is 0 Å². The second-order valence-corrected chi connectivity index (χ2v) is 5.86. The van der Waals surface area contributed by atoms with Crippen molar-refractivity contribution in [2.45, 2.75) is 71.5 Å². The molecule has 92 valence electrons. The average Bonchev–Trinajstić information content (AvgIpc) is 1.99. The molecule has 0 saturated carbocycles. The predicted octanol–water partition coefficient (Wildman–Crippen LogP) is 0.418. The summed E-state index contributed by atoms with van der Waals surface area (Å²) in [5.41, 5.74) is 0. The Labute approximate surface area is 98.2 Å². The van der Waals surface area contributed by atoms with E-state index in [9.17, 15) is 0 Å². The summed E-state index contributed by atoms with van der Waals surface area (Å²) in [6.45, 7) is 13.1. The van der Waals surface area contributed by atoms with Crippen molar-refractivity contribution >= 4 is 10.2 Å². The highest BCUT2D eigenvalue weighted by Gasteiger charge is 2.28. The van der Waals surface area contributed by atoms with Crippen LogP contribution in [0, 0.1) is 0 Å². The lowest BCUT2D eigenvalue weighted by atomic mass is 10.2. The Morgan fingerprint density at radius 1 is 0.800 bits per heavy atom. The largest absolute Gasteiger partial charge is 0.285 e. The highest BCUT2D eigenvalue weighted by molar-refractivity contribution is 6.09. The van der Waals surface area contributed by atoms with Crippen LogP contribution in [0.25, 0.3) is 0 Å². The van der Waals surface area contributed by atoms with Crippen LogP contribution >= 0.6 is 0 Å². The van der Waals surface area contributed by atoms with Crippen LogP contribution in [-0.2, 0) is 0 Å². The van der Waals surface area contributed by atoms with Crippen LogP contribution in [0.1, 0.15) is 41.5 Å². The summed E-state index contributed by atoms with van der Waals surface area (Å²) >= 11 is 0. The molecule has 4 heteroatoms. The number of nitrogens with one attached hydrogen (secondary N) is 3. The van der Waals surface area contributed by atoms with Gasteiger partial charge in [0.15, 0.2) is 0 Å². The summed E-state index contributed by atoms with van der Waals surface area (Å²) in [5.74, 6) is -0.0806. The SMILES string of the molecule is CC(C)NC(C[SiH3])(NC(C)C)NC(C)C. The van der Waals surface area contributed by atoms with Gasteiger partial charge in [0.25, 0.3) is 0 Å². The van der Waals surface area contributed by atoms with Gasteiger partial charge in [-0.3, -0.25) is 16.0 Å². The molecule has 0 heterocycles. The van der Waals surface area contributed by atoms with Gasteiger partial charge in [-0.2, -0.15) is 0 Å². The van der Waals surface area contributed by atoms with Crippen molar-refractivity contribution in [2.75, 3.05) is 0 Å². The van der Waals surface area contributed by atoms with Crippen LogP contribution < -0.4 is 16.0 Å². The maximum absolute atomic E-state index is 3.62. The van der Waals surface area contributed by atoms with Crippen LogP contribution in [0.5, 0.6) is 0 Å². The molecule has 0 fully saturated rings. The fourth-order valence-electron chi connectivity index (χ4n) is 1.91. The maximum Gasteiger partial charge on any atom is 0.120 e. The van der Waals surface area contributed by atoms with Gasteiger partial charge in [-0.15, -0.1) is 0 Å². The lowest BCUT2D eigenvalue weighted by Crippen LogP contribution is -2.70. The molecule has 15 heavy (non-hydrogen) atoms. The van der Waals surface area contributed by atoms with Gasteiger partial charge in [0.1, 0.15) is 5.79 Å². The van der Waals surface area contributed by atoms with E-state index in [1.54, 1.807) is 0 Å². The second-order valence-electron chi connectivity index (χ2n) is 5.16. The Morgan fingerprint density at radius 3 is 1.20 bits per heavy atom. The number of hydrogen-bond acceptors (Lipinski definition) is 3. The summed E-state index contributed by atoms with van der Waals surface area (Å²) in [5, 5.41) is 10.9. The van der Waals surface area contributed by atoms with Gasteiger partial charge in [-0.05, 0) is 47.6 Å². The maximum atomic E-state index is 3.62. The first-order valence-corrected chi connectivity index (χ1v) is 7.56. The molecule has 0 aromatic rings. The fourth-order valence-corrected chi connectivity index (χ4v) is 2.52. The molecular formula is C11H29N3Si. The van der Waals surface area contributed by atoms with E-state index >= 15 is 0 Å². The standard InChI is InChI=1S/C11H29N3Si/c1-8(2)12-11(7-15,13-9(3)4)14-10(5)6/h8-10,12-14H,7H2,1-6,15H3. The van der Waals surface area contributed by atoms with Crippen LogP contribution in [0.2, 0.25) is 6.04 Å². The monoisotopic (exact) mass is 231 g/mol. The zero-order chi connectivity index (χ0) is 12.1. The molecule has 0 bridgehead atoms. The van der Waals surface area contributed by atoms with E-state index in [2.05, 4.69) is 57.5 Å². The molecule has 0 spiro atoms. The predicted molar refractivity (Wildman–Crippen MR) is 72.3 cm³/mol. The molecule has 0 radical (unpaired) electrons. The Balaban J connectivity index is 4.59. The third kappa shape index (κ3) is 6.30. The molecule has 0 amide bonds. The topological polar surface area (TPSA) is 36.1 Å². The molecule has 0 aliphatic rings. The molecule has 3 nitrogen and oxygen atoms in total. The van der Waals surface area contributed by atoms with E-state index < -0.39 is 0 Å². The van der Waals surface area contributed by atoms with E-state index in [-0.39, 0.29) is 5.79 Å². The summed E-state index contributed by atoms with van der Waals surface area (Å²) in [6.07, 6.45) is 0. The van der Waals surface area contributed by atoms with Crippen molar-refractivity contribution in [1.29, 1.82) is 0 Å². The molecule has 3 N–H and O–H groups in total. The number of rotatable bonds is 7. The third-order valence-corrected chi connectivity index (χ3v) is 3.20. The first-order chi connectivity index (χ1) is 6.81. The van der Waals surface area contributed by atoms with E-state index in [4.69, 9.17) is 0 Å². The van der Waals surface area contributed by atoms with Gasteiger partial charge in [-0.25, -0.2) is 0 Å². The normalized spacial score (nSPS) is 13.4. The third-order valence-electron chi connectivity index (χ3n) is 2.14. The molecule has 0 saturated heterocycles. The summed E-state index contributed by atoms with van der Waals surface area (Å²) in [4.78, 5) is 0. The highest BCUT2D eigenvalue weighted by Crippen LogP contribution is 2.06. The van der Waals surface area contributed by atoms with Gasteiger partial charge < -0.3 is 0 Å². The molecule has 0 aromatic carbocycles. The minimum atomic E-state index is -0.0806. The van der Waals surface area contributed by atoms with Crippen molar-refractivity contribution in [1.82, 2.24) is 16.0 Å². The summed E-state index contributed by atoms with van der Waals surface area (Å²) < 4.78 is 0. The molecule has 0 atom stereocenters. The smallest absolute Gasteiger partial charge is 0.120 e. The quantitative estimate of drug-likeness (QED) is 0.439. The van der Waals surface area contributed by atoms with Gasteiger partial charge in [-0.1, -0.05) is 0 Å². The fraction of sp³-hybridized carbons (Fsp3) is 1.00. The number of hydrogen-bond donors (Lipinski definition) is 3. The van der Waals surface area contributed by atoms with Crippen LogP contribution in [0.3, 0.4) is 0 Å². The van der Waals surface area contributed by atoms with Crippen LogP contribution in [0.4, 0.5) is 0 Å². The van der Waals surface area contributed by atoms with E-state index in [1.165, 1.54) is 10.2 Å². The molecule has 0 aromatic heterocycles. The first kappa shape index (κ1) is 15.1. The molecule has 0 unspecified atom stereocenters. The van der Waals surface area contributed by atoms with Crippen LogP contribution in [0.15, 0.2) is 0 Å². The minimum absolute atomic E-state index is 0.0806. The molecule has 0 aliphatic heterocycles. The minimum Gasteiger partial charge on any atom is -0.285 e. The van der Waals surface area contributed by atoms with E-state index in [0.29, 0.717) is 18.1 Å². The van der Waals surface area contributed by atoms with Gasteiger partial charge >= 0.3 is 0 Å². The highest BCUT2D eigenvalue weighted by atomic mass is 28.1. The average molecular weight is 231 g/mol. The Bertz CT molecular complexity index is 143. The zero-order valence-electron chi connectivity index (χ0n) is 11.4. The molecule has 0 aliphatic carbocycles. The van der Waals surface area contributed by atoms with E-state index in [0.717, 1.165) is 6.04 Å². The Morgan fingerprint density at radius 2 is 1.07 bits per heavy atom. The van der Waals surface area contributed by atoms with E-state index in [1.807, 2.05) is 0 Å². The Hall–Kier alpha value is 0.0969. The lowest BCUT2D eigenvalue weighted by Gasteiger charge is -2.41. The van der Waals surface area contributed by atoms with Crippen molar-refractivity contribution < 1.29 is 0 Å². The van der Waals surface area contributed by atoms with Crippen LogP contribution in [-0.4, -0.2) is 34.2 Å². The van der Waals surface area contributed by atoms with Gasteiger partial charge in [0.2, 0.25) is 0 Å².